The van der Waals surface area contributed by atoms with Gasteiger partial charge in [-0.2, -0.15) is 0 Å². The first-order valence-electron chi connectivity index (χ1n) is 7.99. The van der Waals surface area contributed by atoms with Crippen LogP contribution in [0.4, 0.5) is 5.69 Å². The van der Waals surface area contributed by atoms with Gasteiger partial charge in [0.15, 0.2) is 0 Å². The Bertz CT molecular complexity index is 760. The molecule has 0 N–H and O–H groups in total. The average Bonchev–Trinajstić information content (AvgIpc) is 2.88. The van der Waals surface area contributed by atoms with Gasteiger partial charge in [-0.15, -0.1) is 0 Å². The first kappa shape index (κ1) is 16.2. The molecule has 0 unspecified atom stereocenters. The number of benzene rings is 1. The number of hydrogen-bond donors (Lipinski definition) is 0. The summed E-state index contributed by atoms with van der Waals surface area (Å²) in [6, 6.07) is 7.74. The van der Waals surface area contributed by atoms with Crippen molar-refractivity contribution < 1.29 is 14.1 Å². The monoisotopic (exact) mass is 327 g/mol. The van der Waals surface area contributed by atoms with Gasteiger partial charge in [-0.3, -0.25) is 9.59 Å². The number of carbonyl (C=O) groups is 2. The molecule has 1 fully saturated rings. The second-order valence-corrected chi connectivity index (χ2v) is 6.32. The molecule has 1 aliphatic rings. The van der Waals surface area contributed by atoms with Crippen LogP contribution in [-0.2, 0) is 4.79 Å². The zero-order valence-electron chi connectivity index (χ0n) is 14.4. The number of carbonyl (C=O) groups excluding carboxylic acids is 2. The van der Waals surface area contributed by atoms with Crippen LogP contribution in [-0.4, -0.2) is 41.0 Å². The van der Waals surface area contributed by atoms with E-state index < -0.39 is 0 Å². The molecule has 1 atom stereocenters. The fraction of sp³-hybridized carbons (Fsp3) is 0.389. The van der Waals surface area contributed by atoms with Gasteiger partial charge in [0.2, 0.25) is 5.91 Å². The number of rotatable bonds is 2. The number of piperazine rings is 1. The Kier molecular flexibility index (Phi) is 4.13. The Morgan fingerprint density at radius 2 is 1.88 bits per heavy atom. The second-order valence-electron chi connectivity index (χ2n) is 6.32. The number of amides is 2. The van der Waals surface area contributed by atoms with Crippen LogP contribution in [0.5, 0.6) is 0 Å². The average molecular weight is 327 g/mol. The number of hydrogen-bond acceptors (Lipinski definition) is 4. The van der Waals surface area contributed by atoms with Gasteiger partial charge in [-0.25, -0.2) is 0 Å². The molecule has 6 nitrogen and oxygen atoms in total. The lowest BCUT2D eigenvalue weighted by molar-refractivity contribution is -0.121. The molecule has 6 heteroatoms. The van der Waals surface area contributed by atoms with Crippen molar-refractivity contribution in [3.05, 3.63) is 46.8 Å². The molecule has 24 heavy (non-hydrogen) atoms. The topological polar surface area (TPSA) is 66.7 Å². The Morgan fingerprint density at radius 3 is 2.46 bits per heavy atom. The molecule has 0 radical (unpaired) electrons. The summed E-state index contributed by atoms with van der Waals surface area (Å²) in [7, 11) is 0. The van der Waals surface area contributed by atoms with E-state index in [0.29, 0.717) is 23.6 Å². The van der Waals surface area contributed by atoms with E-state index >= 15 is 0 Å². The number of anilines is 1. The molecule has 0 saturated carbocycles. The lowest BCUT2D eigenvalue weighted by Crippen LogP contribution is -2.57. The molecule has 2 aromatic rings. The maximum absolute atomic E-state index is 12.8. The zero-order chi connectivity index (χ0) is 17.4. The van der Waals surface area contributed by atoms with E-state index in [9.17, 15) is 9.59 Å². The maximum Gasteiger partial charge on any atom is 0.260 e. The van der Waals surface area contributed by atoms with Gasteiger partial charge in [0, 0.05) is 18.3 Å². The predicted octanol–water partition coefficient (Wildman–Crippen LogP) is 2.48. The molecular formula is C18H21N3O3. The summed E-state index contributed by atoms with van der Waals surface area (Å²) in [4.78, 5) is 28.7. The molecule has 126 valence electrons. The van der Waals surface area contributed by atoms with Crippen LogP contribution in [0.15, 0.2) is 28.8 Å². The third kappa shape index (κ3) is 2.79. The summed E-state index contributed by atoms with van der Waals surface area (Å²) in [6.45, 7) is 7.92. The van der Waals surface area contributed by atoms with Gasteiger partial charge in [0.05, 0.1) is 5.69 Å². The van der Waals surface area contributed by atoms with Crippen LogP contribution in [0.25, 0.3) is 0 Å². The first-order valence-corrected chi connectivity index (χ1v) is 7.99. The van der Waals surface area contributed by atoms with Crippen LogP contribution in [0.2, 0.25) is 0 Å². The molecule has 2 heterocycles. The fourth-order valence-electron chi connectivity index (χ4n) is 3.03. The SMILES string of the molecule is Cc1ccc(N2C[C@@H](C)N(C(=O)c3c(C)noc3C)CC2=O)cc1. The molecule has 1 saturated heterocycles. The van der Waals surface area contributed by atoms with Crippen LogP contribution < -0.4 is 4.90 Å². The van der Waals surface area contributed by atoms with Crippen molar-refractivity contribution >= 4 is 17.5 Å². The van der Waals surface area contributed by atoms with Crippen LogP contribution in [0.1, 0.15) is 34.3 Å². The Labute approximate surface area is 141 Å². The van der Waals surface area contributed by atoms with Gasteiger partial charge in [0.25, 0.3) is 5.91 Å². The molecule has 1 aromatic heterocycles. The third-order valence-electron chi connectivity index (χ3n) is 4.44. The molecule has 2 amide bonds. The van der Waals surface area contributed by atoms with Crippen molar-refractivity contribution in [2.24, 2.45) is 0 Å². The number of aromatic nitrogens is 1. The van der Waals surface area contributed by atoms with Gasteiger partial charge in [-0.1, -0.05) is 22.9 Å². The number of aryl methyl sites for hydroxylation is 3. The van der Waals surface area contributed by atoms with Crippen LogP contribution in [0, 0.1) is 20.8 Å². The summed E-state index contributed by atoms with van der Waals surface area (Å²) in [5, 5.41) is 3.83. The Balaban J connectivity index is 1.82. The molecule has 0 bridgehead atoms. The van der Waals surface area contributed by atoms with E-state index in [1.807, 2.05) is 38.1 Å². The molecular weight excluding hydrogens is 306 g/mol. The van der Waals surface area contributed by atoms with Crippen molar-refractivity contribution in [2.75, 3.05) is 18.0 Å². The summed E-state index contributed by atoms with van der Waals surface area (Å²) < 4.78 is 5.08. The smallest absolute Gasteiger partial charge is 0.260 e. The molecule has 0 spiro atoms. The highest BCUT2D eigenvalue weighted by Crippen LogP contribution is 2.23. The lowest BCUT2D eigenvalue weighted by atomic mass is 10.1. The third-order valence-corrected chi connectivity index (χ3v) is 4.44. The molecule has 1 aliphatic heterocycles. The van der Waals surface area contributed by atoms with Gasteiger partial charge in [0.1, 0.15) is 17.9 Å². The Hall–Kier alpha value is -2.63. The summed E-state index contributed by atoms with van der Waals surface area (Å²) >= 11 is 0. The minimum Gasteiger partial charge on any atom is -0.361 e. The molecule has 1 aromatic carbocycles. The van der Waals surface area contributed by atoms with E-state index in [-0.39, 0.29) is 24.4 Å². The van der Waals surface area contributed by atoms with Crippen LogP contribution >= 0.6 is 0 Å². The van der Waals surface area contributed by atoms with E-state index in [2.05, 4.69) is 5.16 Å². The normalized spacial score (nSPS) is 18.2. The summed E-state index contributed by atoms with van der Waals surface area (Å²) in [6.07, 6.45) is 0. The van der Waals surface area contributed by atoms with Crippen molar-refractivity contribution in [3.63, 3.8) is 0 Å². The van der Waals surface area contributed by atoms with E-state index in [4.69, 9.17) is 4.52 Å². The van der Waals surface area contributed by atoms with Gasteiger partial charge < -0.3 is 14.3 Å². The van der Waals surface area contributed by atoms with E-state index in [0.717, 1.165) is 11.3 Å². The standard InChI is InChI=1S/C18H21N3O3/c1-11-5-7-15(8-6-11)21-9-12(2)20(10-16(21)22)18(23)17-13(3)19-24-14(17)4/h5-8,12H,9-10H2,1-4H3/t12-/m1/s1. The van der Waals surface area contributed by atoms with Gasteiger partial charge in [-0.05, 0) is 39.8 Å². The zero-order valence-corrected chi connectivity index (χ0v) is 14.4. The van der Waals surface area contributed by atoms with Crippen molar-refractivity contribution in [3.8, 4) is 0 Å². The molecule has 3 rings (SSSR count). The largest absolute Gasteiger partial charge is 0.361 e. The highest BCUT2D eigenvalue weighted by molar-refractivity contribution is 6.02. The molecule has 0 aliphatic carbocycles. The minimum atomic E-state index is -0.198. The quantitative estimate of drug-likeness (QED) is 0.850. The summed E-state index contributed by atoms with van der Waals surface area (Å²) in [5.41, 5.74) is 3.02. The van der Waals surface area contributed by atoms with Crippen molar-refractivity contribution in [1.82, 2.24) is 10.1 Å². The highest BCUT2D eigenvalue weighted by atomic mass is 16.5. The maximum atomic E-state index is 12.8. The van der Waals surface area contributed by atoms with Crippen LogP contribution in [0.3, 0.4) is 0 Å². The number of nitrogens with zero attached hydrogens (tertiary/aromatic N) is 3. The summed E-state index contributed by atoms with van der Waals surface area (Å²) in [5.74, 6) is 0.200. The van der Waals surface area contributed by atoms with Crippen molar-refractivity contribution in [1.29, 1.82) is 0 Å². The lowest BCUT2D eigenvalue weighted by Gasteiger charge is -2.39. The van der Waals surface area contributed by atoms with E-state index in [1.54, 1.807) is 23.6 Å². The van der Waals surface area contributed by atoms with Gasteiger partial charge >= 0.3 is 0 Å². The van der Waals surface area contributed by atoms with Crippen molar-refractivity contribution in [2.45, 2.75) is 33.7 Å². The fourth-order valence-corrected chi connectivity index (χ4v) is 3.03. The first-order chi connectivity index (χ1) is 11.4. The Morgan fingerprint density at radius 1 is 1.21 bits per heavy atom. The van der Waals surface area contributed by atoms with E-state index in [1.165, 1.54) is 0 Å². The highest BCUT2D eigenvalue weighted by Gasteiger charge is 2.35. The second kappa shape index (κ2) is 6.11. The minimum absolute atomic E-state index is 0.0535. The predicted molar refractivity (Wildman–Crippen MR) is 90.0 cm³/mol.